The van der Waals surface area contributed by atoms with Gasteiger partial charge in [0, 0.05) is 18.0 Å². The molecule has 0 spiro atoms. The Kier molecular flexibility index (Phi) is 6.87. The molecular formula is C20H27ClN6O2. The van der Waals surface area contributed by atoms with E-state index in [-0.39, 0.29) is 29.6 Å². The molecule has 8 nitrogen and oxygen atoms in total. The van der Waals surface area contributed by atoms with Crippen molar-refractivity contribution in [3.05, 3.63) is 50.2 Å². The van der Waals surface area contributed by atoms with Gasteiger partial charge in [0.2, 0.25) is 11.8 Å². The first-order chi connectivity index (χ1) is 13.9. The second kappa shape index (κ2) is 9.37. The molecule has 1 aliphatic rings. The van der Waals surface area contributed by atoms with Crippen LogP contribution in [-0.4, -0.2) is 28.0 Å². The summed E-state index contributed by atoms with van der Waals surface area (Å²) in [6, 6.07) is 5.49. The molecule has 3 rings (SSSR count). The number of nitrogens with zero attached hydrogens (tertiary/aromatic N) is 3. The number of nitrogens with two attached hydrogens (primary N) is 2. The van der Waals surface area contributed by atoms with Crippen LogP contribution in [0.1, 0.15) is 42.5 Å². The van der Waals surface area contributed by atoms with E-state index < -0.39 is 4.92 Å². The minimum Gasteiger partial charge on any atom is -0.368 e. The third-order valence-corrected chi connectivity index (χ3v) is 6.16. The maximum Gasteiger partial charge on any atom is 0.333 e. The average molecular weight is 419 g/mol. The van der Waals surface area contributed by atoms with E-state index in [0.717, 1.165) is 43.4 Å². The predicted molar refractivity (Wildman–Crippen MR) is 115 cm³/mol. The lowest BCUT2D eigenvalue weighted by Gasteiger charge is -2.27. The molecule has 0 bridgehead atoms. The molecule has 1 heterocycles. The van der Waals surface area contributed by atoms with Gasteiger partial charge in [-0.05, 0) is 68.2 Å². The first-order valence-corrected chi connectivity index (χ1v) is 10.3. The number of hydrogen-bond acceptors (Lipinski definition) is 7. The lowest BCUT2D eigenvalue weighted by atomic mass is 9.82. The Bertz CT molecular complexity index is 884. The van der Waals surface area contributed by atoms with E-state index >= 15 is 0 Å². The van der Waals surface area contributed by atoms with E-state index in [1.807, 2.05) is 19.1 Å². The normalized spacial score (nSPS) is 19.1. The number of benzene rings is 1. The van der Waals surface area contributed by atoms with Crippen molar-refractivity contribution < 1.29 is 4.92 Å². The second-order valence-corrected chi connectivity index (χ2v) is 8.09. The van der Waals surface area contributed by atoms with Gasteiger partial charge in [-0.3, -0.25) is 10.1 Å². The molecule has 0 saturated heterocycles. The zero-order valence-corrected chi connectivity index (χ0v) is 17.3. The summed E-state index contributed by atoms with van der Waals surface area (Å²) < 4.78 is 0. The van der Waals surface area contributed by atoms with Crippen LogP contribution >= 0.6 is 11.6 Å². The highest BCUT2D eigenvalue weighted by Crippen LogP contribution is 2.32. The number of hydrogen-bond donors (Lipinski definition) is 3. The lowest BCUT2D eigenvalue weighted by molar-refractivity contribution is -0.385. The fourth-order valence-corrected chi connectivity index (χ4v) is 4.09. The van der Waals surface area contributed by atoms with Crippen LogP contribution in [0.15, 0.2) is 18.2 Å². The number of nitrogen functional groups attached to an aromatic ring is 1. The number of anilines is 2. The summed E-state index contributed by atoms with van der Waals surface area (Å²) in [7, 11) is 0. The van der Waals surface area contributed by atoms with Gasteiger partial charge in [0.15, 0.2) is 0 Å². The molecule has 2 aromatic rings. The maximum absolute atomic E-state index is 11.8. The molecule has 0 aliphatic heterocycles. The Morgan fingerprint density at radius 1 is 1.24 bits per heavy atom. The van der Waals surface area contributed by atoms with Crippen LogP contribution < -0.4 is 16.8 Å². The summed E-state index contributed by atoms with van der Waals surface area (Å²) >= 11 is 6.19. The van der Waals surface area contributed by atoms with Crippen LogP contribution in [0.5, 0.6) is 0 Å². The molecule has 1 aromatic heterocycles. The van der Waals surface area contributed by atoms with Crippen molar-refractivity contribution in [1.82, 2.24) is 9.97 Å². The third kappa shape index (κ3) is 5.13. The van der Waals surface area contributed by atoms with E-state index in [9.17, 15) is 10.1 Å². The van der Waals surface area contributed by atoms with Gasteiger partial charge in [-0.2, -0.15) is 4.98 Å². The van der Waals surface area contributed by atoms with Gasteiger partial charge in [-0.1, -0.05) is 23.7 Å². The molecule has 1 aliphatic carbocycles. The Hall–Kier alpha value is -2.45. The van der Waals surface area contributed by atoms with Crippen molar-refractivity contribution in [2.45, 2.75) is 39.0 Å². The maximum atomic E-state index is 11.8. The van der Waals surface area contributed by atoms with Crippen molar-refractivity contribution in [1.29, 1.82) is 0 Å². The Morgan fingerprint density at radius 3 is 2.59 bits per heavy atom. The van der Waals surface area contributed by atoms with Crippen LogP contribution in [0, 0.1) is 28.9 Å². The van der Waals surface area contributed by atoms with E-state index in [4.69, 9.17) is 23.1 Å². The van der Waals surface area contributed by atoms with Crippen LogP contribution in [-0.2, 0) is 6.42 Å². The zero-order valence-electron chi connectivity index (χ0n) is 16.5. The van der Waals surface area contributed by atoms with E-state index in [0.29, 0.717) is 23.4 Å². The van der Waals surface area contributed by atoms with Crippen LogP contribution in [0.3, 0.4) is 0 Å². The molecule has 156 valence electrons. The van der Waals surface area contributed by atoms with Gasteiger partial charge in [-0.25, -0.2) is 4.98 Å². The predicted octanol–water partition coefficient (Wildman–Crippen LogP) is 3.70. The van der Waals surface area contributed by atoms with Crippen LogP contribution in [0.25, 0.3) is 0 Å². The summed E-state index contributed by atoms with van der Waals surface area (Å²) in [5.74, 6) is 1.22. The Labute approximate surface area is 175 Å². The number of nitro groups is 1. The SMILES string of the molecule is Cc1c(Cl)cccc1Cc1nc(N)nc(NCC2CCC(CN)CC2)c1[N+](=O)[O-]. The fourth-order valence-electron chi connectivity index (χ4n) is 3.90. The van der Waals surface area contributed by atoms with Crippen LogP contribution in [0.4, 0.5) is 17.5 Å². The van der Waals surface area contributed by atoms with Gasteiger partial charge in [0.05, 0.1) is 4.92 Å². The highest BCUT2D eigenvalue weighted by Gasteiger charge is 2.26. The molecule has 1 fully saturated rings. The highest BCUT2D eigenvalue weighted by molar-refractivity contribution is 6.31. The fraction of sp³-hybridized carbons (Fsp3) is 0.500. The minimum absolute atomic E-state index is 0.0135. The van der Waals surface area contributed by atoms with E-state index in [1.165, 1.54) is 0 Å². The largest absolute Gasteiger partial charge is 0.368 e. The van der Waals surface area contributed by atoms with Gasteiger partial charge >= 0.3 is 5.69 Å². The van der Waals surface area contributed by atoms with Gasteiger partial charge < -0.3 is 16.8 Å². The molecule has 1 aromatic carbocycles. The van der Waals surface area contributed by atoms with Gasteiger partial charge in [-0.15, -0.1) is 0 Å². The van der Waals surface area contributed by atoms with Gasteiger partial charge in [0.1, 0.15) is 5.69 Å². The number of rotatable bonds is 7. The second-order valence-electron chi connectivity index (χ2n) is 7.69. The molecule has 1 saturated carbocycles. The number of aromatic nitrogens is 2. The first-order valence-electron chi connectivity index (χ1n) is 9.87. The standard InChI is InChI=1S/C20H27ClN6O2/c1-12-15(3-2-4-16(12)21)9-17-18(27(28)29)19(26-20(23)25-17)24-11-14-7-5-13(10-22)6-8-14/h2-4,13-14H,5-11,22H2,1H3,(H3,23,24,25,26). The third-order valence-electron chi connectivity index (χ3n) is 5.75. The van der Waals surface area contributed by atoms with Crippen molar-refractivity contribution in [2.75, 3.05) is 24.1 Å². The number of halogens is 1. The molecule has 0 atom stereocenters. The highest BCUT2D eigenvalue weighted by atomic mass is 35.5. The lowest BCUT2D eigenvalue weighted by Crippen LogP contribution is -2.25. The van der Waals surface area contributed by atoms with Crippen molar-refractivity contribution in [2.24, 2.45) is 17.6 Å². The molecule has 0 unspecified atom stereocenters. The van der Waals surface area contributed by atoms with Crippen molar-refractivity contribution in [3.8, 4) is 0 Å². The first kappa shape index (κ1) is 21.3. The van der Waals surface area contributed by atoms with Crippen LogP contribution in [0.2, 0.25) is 5.02 Å². The summed E-state index contributed by atoms with van der Waals surface area (Å²) in [6.07, 6.45) is 4.55. The summed E-state index contributed by atoms with van der Waals surface area (Å²) in [4.78, 5) is 19.7. The molecule has 0 amide bonds. The summed E-state index contributed by atoms with van der Waals surface area (Å²) in [5.41, 5.74) is 13.5. The van der Waals surface area contributed by atoms with Crippen molar-refractivity contribution in [3.63, 3.8) is 0 Å². The topological polar surface area (TPSA) is 133 Å². The summed E-state index contributed by atoms with van der Waals surface area (Å²) in [5, 5.41) is 15.6. The molecular weight excluding hydrogens is 392 g/mol. The quantitative estimate of drug-likeness (QED) is 0.461. The van der Waals surface area contributed by atoms with Crippen molar-refractivity contribution >= 4 is 29.1 Å². The van der Waals surface area contributed by atoms with E-state index in [2.05, 4.69) is 15.3 Å². The Balaban J connectivity index is 1.82. The molecule has 9 heteroatoms. The minimum atomic E-state index is -0.442. The number of nitrogens with one attached hydrogen (secondary N) is 1. The molecule has 29 heavy (non-hydrogen) atoms. The van der Waals surface area contributed by atoms with Gasteiger partial charge in [0.25, 0.3) is 0 Å². The zero-order chi connectivity index (χ0) is 21.0. The Morgan fingerprint density at radius 2 is 1.93 bits per heavy atom. The molecule has 5 N–H and O–H groups in total. The summed E-state index contributed by atoms with van der Waals surface area (Å²) in [6.45, 7) is 3.22. The monoisotopic (exact) mass is 418 g/mol. The molecule has 0 radical (unpaired) electrons. The van der Waals surface area contributed by atoms with E-state index in [1.54, 1.807) is 6.07 Å². The smallest absolute Gasteiger partial charge is 0.333 e. The average Bonchev–Trinajstić information content (AvgIpc) is 2.69.